The lowest BCUT2D eigenvalue weighted by Gasteiger charge is -2.16. The molecule has 0 aliphatic carbocycles. The highest BCUT2D eigenvalue weighted by molar-refractivity contribution is 6.52. The van der Waals surface area contributed by atoms with Gasteiger partial charge in [-0.2, -0.15) is 5.26 Å². The van der Waals surface area contributed by atoms with E-state index >= 15 is 0 Å². The number of hydrogen-bond donors (Lipinski definition) is 0. The van der Waals surface area contributed by atoms with E-state index in [0.717, 1.165) is 17.0 Å². The fourth-order valence-corrected chi connectivity index (χ4v) is 2.04. The van der Waals surface area contributed by atoms with E-state index in [1.165, 1.54) is 0 Å². The van der Waals surface area contributed by atoms with E-state index in [0.29, 0.717) is 19.3 Å². The maximum absolute atomic E-state index is 13.7. The molecule has 2 rings (SSSR count). The number of benzene rings is 1. The standard InChI is InChI=1S/C13H10F2N2O2/c14-8-4-5-9(15)11-10(8)12(18)13(19)17(11)7-3-1-2-6-16/h4-5H,1-3,7H2. The zero-order valence-corrected chi connectivity index (χ0v) is 9.95. The van der Waals surface area contributed by atoms with Gasteiger partial charge in [-0.25, -0.2) is 8.78 Å². The molecular formula is C13H10F2N2O2. The van der Waals surface area contributed by atoms with Crippen LogP contribution in [0.5, 0.6) is 0 Å². The molecule has 0 saturated heterocycles. The van der Waals surface area contributed by atoms with Crippen LogP contribution in [-0.4, -0.2) is 18.2 Å². The van der Waals surface area contributed by atoms with Crippen LogP contribution in [-0.2, 0) is 4.79 Å². The topological polar surface area (TPSA) is 61.2 Å². The lowest BCUT2D eigenvalue weighted by Crippen LogP contribution is -2.31. The third-order valence-electron chi connectivity index (χ3n) is 2.93. The Bertz CT molecular complexity index is 593. The summed E-state index contributed by atoms with van der Waals surface area (Å²) in [6.07, 6.45) is 1.29. The fraction of sp³-hybridized carbons (Fsp3) is 0.308. The number of unbranched alkanes of at least 4 members (excludes halogenated alkanes) is 2. The van der Waals surface area contributed by atoms with Crippen molar-refractivity contribution in [1.82, 2.24) is 0 Å². The van der Waals surface area contributed by atoms with Gasteiger partial charge >= 0.3 is 0 Å². The van der Waals surface area contributed by atoms with E-state index < -0.39 is 28.9 Å². The Morgan fingerprint density at radius 2 is 1.84 bits per heavy atom. The lowest BCUT2D eigenvalue weighted by molar-refractivity contribution is -0.114. The molecule has 0 radical (unpaired) electrons. The fourth-order valence-electron chi connectivity index (χ4n) is 2.04. The Labute approximate surface area is 108 Å². The van der Waals surface area contributed by atoms with E-state index in [4.69, 9.17) is 5.26 Å². The Morgan fingerprint density at radius 3 is 2.53 bits per heavy atom. The number of nitrogens with zero attached hydrogens (tertiary/aromatic N) is 2. The van der Waals surface area contributed by atoms with Crippen molar-refractivity contribution in [3.8, 4) is 6.07 Å². The van der Waals surface area contributed by atoms with Crippen molar-refractivity contribution in [1.29, 1.82) is 5.26 Å². The van der Waals surface area contributed by atoms with Gasteiger partial charge < -0.3 is 4.90 Å². The first-order valence-corrected chi connectivity index (χ1v) is 5.79. The molecular weight excluding hydrogens is 254 g/mol. The second kappa shape index (κ2) is 5.14. The van der Waals surface area contributed by atoms with Gasteiger partial charge in [-0.3, -0.25) is 9.59 Å². The molecule has 0 aromatic heterocycles. The average molecular weight is 264 g/mol. The van der Waals surface area contributed by atoms with Crippen molar-refractivity contribution >= 4 is 17.4 Å². The van der Waals surface area contributed by atoms with Crippen LogP contribution in [0.3, 0.4) is 0 Å². The van der Waals surface area contributed by atoms with Gasteiger partial charge in [-0.05, 0) is 25.0 Å². The number of hydrogen-bond acceptors (Lipinski definition) is 3. The highest BCUT2D eigenvalue weighted by atomic mass is 19.1. The molecule has 1 aromatic carbocycles. The van der Waals surface area contributed by atoms with Crippen LogP contribution in [0.15, 0.2) is 12.1 Å². The number of nitriles is 1. The van der Waals surface area contributed by atoms with Crippen molar-refractivity contribution in [3.05, 3.63) is 29.3 Å². The molecule has 6 heteroatoms. The van der Waals surface area contributed by atoms with E-state index in [1.807, 2.05) is 6.07 Å². The van der Waals surface area contributed by atoms with Crippen LogP contribution in [0, 0.1) is 23.0 Å². The summed E-state index contributed by atoms with van der Waals surface area (Å²) in [6, 6.07) is 3.67. The van der Waals surface area contributed by atoms with Crippen molar-refractivity contribution in [2.24, 2.45) is 0 Å². The maximum Gasteiger partial charge on any atom is 0.299 e. The van der Waals surface area contributed by atoms with Crippen molar-refractivity contribution < 1.29 is 18.4 Å². The summed E-state index contributed by atoms with van der Waals surface area (Å²) in [5.74, 6) is -3.63. The first kappa shape index (κ1) is 13.1. The highest BCUT2D eigenvalue weighted by Crippen LogP contribution is 2.33. The second-order valence-electron chi connectivity index (χ2n) is 4.15. The number of Topliss-reactive ketones (excluding diaryl/α,β-unsaturated/α-hetero) is 1. The minimum Gasteiger partial charge on any atom is -0.302 e. The summed E-state index contributed by atoms with van der Waals surface area (Å²) in [6.45, 7) is 0.0969. The molecule has 1 aliphatic heterocycles. The molecule has 1 heterocycles. The molecule has 0 N–H and O–H groups in total. The molecule has 1 aromatic rings. The van der Waals surface area contributed by atoms with E-state index in [9.17, 15) is 18.4 Å². The van der Waals surface area contributed by atoms with Crippen LogP contribution >= 0.6 is 0 Å². The third-order valence-corrected chi connectivity index (χ3v) is 2.93. The predicted octanol–water partition coefficient (Wildman–Crippen LogP) is 2.19. The summed E-state index contributed by atoms with van der Waals surface area (Å²) in [4.78, 5) is 24.3. The lowest BCUT2D eigenvalue weighted by atomic mass is 10.1. The zero-order valence-electron chi connectivity index (χ0n) is 9.95. The first-order valence-electron chi connectivity index (χ1n) is 5.79. The molecule has 0 unspecified atom stereocenters. The quantitative estimate of drug-likeness (QED) is 0.618. The van der Waals surface area contributed by atoms with Gasteiger partial charge in [0.2, 0.25) is 0 Å². The zero-order chi connectivity index (χ0) is 14.0. The average Bonchev–Trinajstić information content (AvgIpc) is 2.65. The predicted molar refractivity (Wildman–Crippen MR) is 62.5 cm³/mol. The number of amides is 1. The third kappa shape index (κ3) is 2.19. The van der Waals surface area contributed by atoms with Crippen LogP contribution in [0.1, 0.15) is 29.6 Å². The summed E-state index contributed by atoms with van der Waals surface area (Å²) in [5, 5.41) is 8.40. The van der Waals surface area contributed by atoms with E-state index in [1.54, 1.807) is 0 Å². The van der Waals surface area contributed by atoms with Gasteiger partial charge in [0.1, 0.15) is 11.6 Å². The Morgan fingerprint density at radius 1 is 1.16 bits per heavy atom. The van der Waals surface area contributed by atoms with Crippen molar-refractivity contribution in [2.45, 2.75) is 19.3 Å². The number of carbonyl (C=O) groups is 2. The minimum absolute atomic E-state index is 0.0969. The summed E-state index contributed by atoms with van der Waals surface area (Å²) in [7, 11) is 0. The Balaban J connectivity index is 2.29. The van der Waals surface area contributed by atoms with Crippen LogP contribution in [0.25, 0.3) is 0 Å². The number of carbonyl (C=O) groups excluding carboxylic acids is 2. The Hall–Kier alpha value is -2.29. The summed E-state index contributed by atoms with van der Waals surface area (Å²) < 4.78 is 27.2. The number of halogens is 2. The number of ketones is 1. The number of rotatable bonds is 4. The monoisotopic (exact) mass is 264 g/mol. The number of fused-ring (bicyclic) bond motifs is 1. The van der Waals surface area contributed by atoms with E-state index in [2.05, 4.69) is 0 Å². The van der Waals surface area contributed by atoms with E-state index in [-0.39, 0.29) is 12.2 Å². The second-order valence-corrected chi connectivity index (χ2v) is 4.15. The van der Waals surface area contributed by atoms with Gasteiger partial charge in [0.15, 0.2) is 0 Å². The minimum atomic E-state index is -1.02. The summed E-state index contributed by atoms with van der Waals surface area (Å²) >= 11 is 0. The molecule has 1 aliphatic rings. The molecule has 0 spiro atoms. The molecule has 0 atom stereocenters. The highest BCUT2D eigenvalue weighted by Gasteiger charge is 2.40. The smallest absolute Gasteiger partial charge is 0.299 e. The molecule has 1 amide bonds. The van der Waals surface area contributed by atoms with Gasteiger partial charge in [-0.15, -0.1) is 0 Å². The molecule has 98 valence electrons. The SMILES string of the molecule is N#CCCCCN1C(=O)C(=O)c2c(F)ccc(F)c21. The van der Waals surface area contributed by atoms with Gasteiger partial charge in [0.25, 0.3) is 11.7 Å². The molecule has 0 saturated carbocycles. The first-order chi connectivity index (χ1) is 9.07. The molecule has 19 heavy (non-hydrogen) atoms. The largest absolute Gasteiger partial charge is 0.302 e. The normalized spacial score (nSPS) is 13.6. The van der Waals surface area contributed by atoms with Crippen molar-refractivity contribution in [3.63, 3.8) is 0 Å². The molecule has 0 bridgehead atoms. The number of anilines is 1. The maximum atomic E-state index is 13.7. The molecule has 0 fully saturated rings. The van der Waals surface area contributed by atoms with Crippen LogP contribution < -0.4 is 4.90 Å². The van der Waals surface area contributed by atoms with Crippen molar-refractivity contribution in [2.75, 3.05) is 11.4 Å². The Kier molecular flexibility index (Phi) is 3.56. The summed E-state index contributed by atoms with van der Waals surface area (Å²) in [5.41, 5.74) is -0.780. The van der Waals surface area contributed by atoms with Gasteiger partial charge in [-0.1, -0.05) is 0 Å². The van der Waals surface area contributed by atoms with Crippen LogP contribution in [0.2, 0.25) is 0 Å². The van der Waals surface area contributed by atoms with Gasteiger partial charge in [0.05, 0.1) is 17.3 Å². The van der Waals surface area contributed by atoms with Crippen LogP contribution in [0.4, 0.5) is 14.5 Å². The molecule has 4 nitrogen and oxygen atoms in total. The van der Waals surface area contributed by atoms with Gasteiger partial charge in [0, 0.05) is 13.0 Å².